The second-order valence-electron chi connectivity index (χ2n) is 10.7. The number of hydrogen-bond acceptors (Lipinski definition) is 6. The van der Waals surface area contributed by atoms with Gasteiger partial charge in [0, 0.05) is 38.6 Å². The molecule has 3 aliphatic heterocycles. The third-order valence-electron chi connectivity index (χ3n) is 8.93. The molecule has 7 heteroatoms. The molecular formula is C24H32N2O5. The molecule has 0 radical (unpaired) electrons. The highest BCUT2D eigenvalue weighted by molar-refractivity contribution is 5.91. The summed E-state index contributed by atoms with van der Waals surface area (Å²) in [6, 6.07) is 3.45. The van der Waals surface area contributed by atoms with Crippen LogP contribution in [0.15, 0.2) is 22.8 Å². The van der Waals surface area contributed by atoms with Gasteiger partial charge in [0.15, 0.2) is 5.76 Å². The van der Waals surface area contributed by atoms with Crippen LogP contribution in [-0.2, 0) is 14.3 Å². The molecule has 31 heavy (non-hydrogen) atoms. The highest BCUT2D eigenvalue weighted by Crippen LogP contribution is 2.62. The molecule has 168 valence electrons. The molecule has 6 rings (SSSR count). The third kappa shape index (κ3) is 3.23. The summed E-state index contributed by atoms with van der Waals surface area (Å²) in [6.45, 7) is 6.91. The molecule has 0 bridgehead atoms. The van der Waals surface area contributed by atoms with Crippen LogP contribution >= 0.6 is 0 Å². The van der Waals surface area contributed by atoms with Gasteiger partial charge in [-0.2, -0.15) is 0 Å². The molecule has 1 aromatic heterocycles. The van der Waals surface area contributed by atoms with Crippen LogP contribution in [0, 0.1) is 23.2 Å². The normalized spacial score (nSPS) is 42.2. The van der Waals surface area contributed by atoms with Crippen molar-refractivity contribution in [2.75, 3.05) is 39.3 Å². The van der Waals surface area contributed by atoms with E-state index in [2.05, 4.69) is 11.8 Å². The van der Waals surface area contributed by atoms with Crippen molar-refractivity contribution in [3.8, 4) is 0 Å². The van der Waals surface area contributed by atoms with E-state index in [1.54, 1.807) is 12.1 Å². The number of hydrogen-bond donors (Lipinski definition) is 0. The smallest absolute Gasteiger partial charge is 0.310 e. The number of nitrogens with zero attached hydrogens (tertiary/aromatic N) is 2. The van der Waals surface area contributed by atoms with Crippen LogP contribution in [0.4, 0.5) is 0 Å². The Kier molecular flexibility index (Phi) is 4.52. The Balaban J connectivity index is 1.11. The fourth-order valence-electron chi connectivity index (χ4n) is 7.13. The molecule has 6 atom stereocenters. The number of furan rings is 1. The van der Waals surface area contributed by atoms with Gasteiger partial charge in [0.1, 0.15) is 6.10 Å². The van der Waals surface area contributed by atoms with Crippen molar-refractivity contribution in [3.63, 3.8) is 0 Å². The van der Waals surface area contributed by atoms with Gasteiger partial charge in [0.05, 0.1) is 24.4 Å². The summed E-state index contributed by atoms with van der Waals surface area (Å²) in [5.41, 5.74) is 0.328. The number of carbonyl (C=O) groups excluding carboxylic acids is 2. The summed E-state index contributed by atoms with van der Waals surface area (Å²) in [5, 5.41) is 0. The van der Waals surface area contributed by atoms with Gasteiger partial charge in [-0.3, -0.25) is 14.5 Å². The Hall–Kier alpha value is -1.86. The molecule has 3 saturated heterocycles. The Bertz CT molecular complexity index is 857. The van der Waals surface area contributed by atoms with Crippen molar-refractivity contribution < 1.29 is 23.5 Å². The summed E-state index contributed by atoms with van der Waals surface area (Å²) in [4.78, 5) is 29.6. The van der Waals surface area contributed by atoms with Gasteiger partial charge in [-0.1, -0.05) is 6.92 Å². The minimum atomic E-state index is -0.0559. The molecule has 1 aromatic rings. The summed E-state index contributed by atoms with van der Waals surface area (Å²) in [7, 11) is 0. The van der Waals surface area contributed by atoms with Gasteiger partial charge < -0.3 is 18.8 Å². The predicted molar refractivity (Wildman–Crippen MR) is 111 cm³/mol. The highest BCUT2D eigenvalue weighted by atomic mass is 16.6. The predicted octanol–water partition coefficient (Wildman–Crippen LogP) is 2.56. The zero-order valence-electron chi connectivity index (χ0n) is 18.3. The number of amides is 1. The quantitative estimate of drug-likeness (QED) is 0.544. The van der Waals surface area contributed by atoms with Gasteiger partial charge in [0.2, 0.25) is 0 Å². The molecule has 1 spiro atoms. The molecule has 0 aromatic carbocycles. The molecule has 2 saturated carbocycles. The van der Waals surface area contributed by atoms with E-state index in [0.717, 1.165) is 39.1 Å². The maximum Gasteiger partial charge on any atom is 0.310 e. The van der Waals surface area contributed by atoms with Crippen LogP contribution in [0.25, 0.3) is 0 Å². The van der Waals surface area contributed by atoms with E-state index in [1.807, 2.05) is 4.90 Å². The fraction of sp³-hybridized carbons (Fsp3) is 0.750. The lowest BCUT2D eigenvalue weighted by molar-refractivity contribution is -0.147. The first-order chi connectivity index (χ1) is 15.0. The van der Waals surface area contributed by atoms with Crippen molar-refractivity contribution in [2.24, 2.45) is 23.2 Å². The van der Waals surface area contributed by atoms with Gasteiger partial charge in [-0.25, -0.2) is 0 Å². The first kappa shape index (κ1) is 19.8. The van der Waals surface area contributed by atoms with Gasteiger partial charge in [0.25, 0.3) is 5.91 Å². The number of esters is 1. The summed E-state index contributed by atoms with van der Waals surface area (Å²) >= 11 is 0. The average Bonchev–Trinajstić information content (AvgIpc) is 3.19. The largest absolute Gasteiger partial charge is 0.462 e. The highest BCUT2D eigenvalue weighted by Gasteiger charge is 2.65. The van der Waals surface area contributed by atoms with Gasteiger partial charge in [-0.15, -0.1) is 0 Å². The SMILES string of the molecule is C[C@]12CCC[C@]3(CO3)[C@@H]1C[C@@H]1[C@H](CN3CCN(C(=O)c4ccco4)CC3)C(=O)O[C@@H]1C2. The van der Waals surface area contributed by atoms with Crippen molar-refractivity contribution in [1.29, 1.82) is 0 Å². The van der Waals surface area contributed by atoms with E-state index < -0.39 is 0 Å². The first-order valence-electron chi connectivity index (χ1n) is 11.9. The molecule has 2 aliphatic carbocycles. The lowest BCUT2D eigenvalue weighted by atomic mass is 9.53. The summed E-state index contributed by atoms with van der Waals surface area (Å²) < 4.78 is 17.2. The van der Waals surface area contributed by atoms with Crippen LogP contribution in [-0.4, -0.2) is 72.7 Å². The van der Waals surface area contributed by atoms with Crippen molar-refractivity contribution >= 4 is 11.9 Å². The zero-order valence-corrected chi connectivity index (χ0v) is 18.3. The maximum absolute atomic E-state index is 12.9. The summed E-state index contributed by atoms with van der Waals surface area (Å²) in [6.07, 6.45) is 7.26. The molecule has 0 N–H and O–H groups in total. The fourth-order valence-corrected chi connectivity index (χ4v) is 7.13. The number of fused-ring (bicyclic) bond motifs is 3. The van der Waals surface area contributed by atoms with Crippen molar-refractivity contribution in [2.45, 2.75) is 50.7 Å². The van der Waals surface area contributed by atoms with E-state index in [1.165, 1.54) is 25.5 Å². The number of ether oxygens (including phenoxy) is 2. The summed E-state index contributed by atoms with van der Waals surface area (Å²) in [5.74, 6) is 1.12. The van der Waals surface area contributed by atoms with E-state index in [9.17, 15) is 9.59 Å². The minimum absolute atomic E-state index is 0.0166. The second-order valence-corrected chi connectivity index (χ2v) is 10.7. The monoisotopic (exact) mass is 428 g/mol. The van der Waals surface area contributed by atoms with Crippen LogP contribution in [0.3, 0.4) is 0 Å². The minimum Gasteiger partial charge on any atom is -0.462 e. The molecule has 1 amide bonds. The Morgan fingerprint density at radius 3 is 2.74 bits per heavy atom. The molecule has 0 unspecified atom stereocenters. The van der Waals surface area contributed by atoms with E-state index in [4.69, 9.17) is 13.9 Å². The Morgan fingerprint density at radius 1 is 1.23 bits per heavy atom. The Morgan fingerprint density at radius 2 is 2.03 bits per heavy atom. The van der Waals surface area contributed by atoms with Crippen molar-refractivity contribution in [3.05, 3.63) is 24.2 Å². The molecule has 5 aliphatic rings. The van der Waals surface area contributed by atoms with Gasteiger partial charge >= 0.3 is 5.97 Å². The van der Waals surface area contributed by atoms with Gasteiger partial charge in [-0.05, 0) is 55.6 Å². The van der Waals surface area contributed by atoms with Crippen LogP contribution < -0.4 is 0 Å². The van der Waals surface area contributed by atoms with Crippen LogP contribution in [0.2, 0.25) is 0 Å². The number of carbonyl (C=O) groups is 2. The van der Waals surface area contributed by atoms with Crippen molar-refractivity contribution in [1.82, 2.24) is 9.80 Å². The van der Waals surface area contributed by atoms with E-state index >= 15 is 0 Å². The second kappa shape index (κ2) is 7.07. The maximum atomic E-state index is 12.9. The number of piperazine rings is 1. The van der Waals surface area contributed by atoms with Crippen LogP contribution in [0.1, 0.15) is 49.6 Å². The lowest BCUT2D eigenvalue weighted by Crippen LogP contribution is -2.53. The molecular weight excluding hydrogens is 396 g/mol. The molecule has 7 nitrogen and oxygen atoms in total. The zero-order chi connectivity index (χ0) is 21.2. The third-order valence-corrected chi connectivity index (χ3v) is 8.93. The average molecular weight is 429 g/mol. The standard InChI is InChI=1S/C24H32N2O5/c1-23-5-3-6-24(15-30-24)20(23)12-16-17(22(28)31-19(16)13-23)14-25-7-9-26(10-8-25)21(27)18-4-2-11-29-18/h2,4,11,16-17,19-20H,3,5-10,12-15H2,1H3/t16-,17+,19-,20-,23-,24+/m1/s1. The molecule has 5 fully saturated rings. The molecule has 4 heterocycles. The van der Waals surface area contributed by atoms with Crippen LogP contribution in [0.5, 0.6) is 0 Å². The van der Waals surface area contributed by atoms with E-state index in [-0.39, 0.29) is 34.9 Å². The first-order valence-corrected chi connectivity index (χ1v) is 11.9. The number of epoxide rings is 1. The lowest BCUT2D eigenvalue weighted by Gasteiger charge is -2.51. The van der Waals surface area contributed by atoms with E-state index in [0.29, 0.717) is 30.7 Å². The Labute approximate surface area is 183 Å². The topological polar surface area (TPSA) is 75.5 Å². The number of rotatable bonds is 3.